The first-order chi connectivity index (χ1) is 36.1. The number of benzene rings is 6. The van der Waals surface area contributed by atoms with Crippen molar-refractivity contribution in [3.8, 4) is 0 Å². The van der Waals surface area contributed by atoms with Crippen LogP contribution in [-0.2, 0) is 48.0 Å². The van der Waals surface area contributed by atoms with Gasteiger partial charge in [0.05, 0.1) is 52.5 Å². The Morgan fingerprint density at radius 1 is 0.405 bits per heavy atom. The van der Waals surface area contributed by atoms with Crippen LogP contribution in [-0.4, -0.2) is 87.0 Å². The Morgan fingerprint density at radius 2 is 0.743 bits per heavy atom. The Labute approximate surface area is 429 Å². The van der Waals surface area contributed by atoms with Crippen molar-refractivity contribution in [3.63, 3.8) is 0 Å². The van der Waals surface area contributed by atoms with E-state index in [2.05, 4.69) is 4.89 Å². The Morgan fingerprint density at radius 3 is 1.14 bits per heavy atom. The minimum Gasteiger partial charge on any atom is -0.462 e. The summed E-state index contributed by atoms with van der Waals surface area (Å²) in [7, 11) is 0. The molecule has 0 amide bonds. The third-order valence-corrected chi connectivity index (χ3v) is 10.6. The first kappa shape index (κ1) is 56.4. The molecular formula is C58H58O16. The van der Waals surface area contributed by atoms with Crippen LogP contribution in [0.25, 0.3) is 0 Å². The van der Waals surface area contributed by atoms with E-state index in [4.69, 9.17) is 38.3 Å². The fourth-order valence-electron chi connectivity index (χ4n) is 6.65. The van der Waals surface area contributed by atoms with Crippen LogP contribution in [0.4, 0.5) is 0 Å². The molecule has 1 saturated carbocycles. The van der Waals surface area contributed by atoms with E-state index >= 15 is 0 Å². The SMILES string of the molecule is CC(COC(=O)c1ccccc1)OOC(=O)c1ccccc1.O=C(OCC(COC(=O)c1ccccc1)OC(=O)C1CCCCC1)c1ccccc1.O=C(OCCCOOC(=O)c1ccccc1)c1ccccc1. The topological polar surface area (TPSA) is 203 Å². The lowest BCUT2D eigenvalue weighted by Gasteiger charge is -2.24. The van der Waals surface area contributed by atoms with Crippen molar-refractivity contribution in [2.45, 2.75) is 57.7 Å². The highest BCUT2D eigenvalue weighted by Crippen LogP contribution is 2.25. The van der Waals surface area contributed by atoms with Crippen LogP contribution in [0.15, 0.2) is 182 Å². The zero-order valence-corrected chi connectivity index (χ0v) is 40.9. The molecule has 0 radical (unpaired) electrons. The Hall–Kier alpha value is -8.47. The molecule has 7 rings (SSSR count). The molecule has 16 nitrogen and oxygen atoms in total. The first-order valence-corrected chi connectivity index (χ1v) is 24.0. The minimum atomic E-state index is -0.861. The highest BCUT2D eigenvalue weighted by molar-refractivity contribution is 5.91. The van der Waals surface area contributed by atoms with Crippen molar-refractivity contribution in [2.75, 3.05) is 33.0 Å². The van der Waals surface area contributed by atoms with E-state index in [9.17, 15) is 33.6 Å². The van der Waals surface area contributed by atoms with Gasteiger partial charge in [-0.25, -0.2) is 28.8 Å². The monoisotopic (exact) mass is 1010 g/mol. The molecule has 6 aromatic carbocycles. The highest BCUT2D eigenvalue weighted by Gasteiger charge is 2.27. The van der Waals surface area contributed by atoms with Gasteiger partial charge < -0.3 is 23.7 Å². The van der Waals surface area contributed by atoms with Gasteiger partial charge in [0.1, 0.15) is 25.9 Å². The summed E-state index contributed by atoms with van der Waals surface area (Å²) in [5.74, 6) is -3.52. The lowest BCUT2D eigenvalue weighted by atomic mass is 9.89. The zero-order valence-electron chi connectivity index (χ0n) is 40.9. The van der Waals surface area contributed by atoms with Crippen molar-refractivity contribution in [3.05, 3.63) is 215 Å². The number of hydrogen-bond acceptors (Lipinski definition) is 16. The molecule has 1 fully saturated rings. The molecule has 0 bridgehead atoms. The fourth-order valence-corrected chi connectivity index (χ4v) is 6.65. The van der Waals surface area contributed by atoms with E-state index < -0.39 is 42.1 Å². The zero-order chi connectivity index (χ0) is 52.6. The van der Waals surface area contributed by atoms with Crippen LogP contribution in [0.1, 0.15) is 108 Å². The van der Waals surface area contributed by atoms with Gasteiger partial charge in [-0.3, -0.25) is 14.6 Å². The molecule has 0 spiro atoms. The third kappa shape index (κ3) is 21.1. The van der Waals surface area contributed by atoms with Gasteiger partial charge >= 0.3 is 41.8 Å². The quantitative estimate of drug-likeness (QED) is 0.0216. The maximum atomic E-state index is 12.5. The summed E-state index contributed by atoms with van der Waals surface area (Å²) >= 11 is 0. The van der Waals surface area contributed by atoms with Crippen LogP contribution in [0, 0.1) is 5.92 Å². The smallest absolute Gasteiger partial charge is 0.373 e. The average molecular weight is 1010 g/mol. The van der Waals surface area contributed by atoms with Crippen LogP contribution in [0.2, 0.25) is 0 Å². The van der Waals surface area contributed by atoms with Crippen molar-refractivity contribution in [1.82, 2.24) is 0 Å². The number of ether oxygens (including phenoxy) is 5. The highest BCUT2D eigenvalue weighted by atomic mass is 17.2. The second-order valence-electron chi connectivity index (χ2n) is 16.3. The molecule has 386 valence electrons. The van der Waals surface area contributed by atoms with E-state index in [-0.39, 0.29) is 50.9 Å². The maximum Gasteiger partial charge on any atom is 0.373 e. The number of hydrogen-bond donors (Lipinski definition) is 0. The number of carbonyl (C=O) groups excluding carboxylic acids is 7. The second-order valence-corrected chi connectivity index (χ2v) is 16.3. The van der Waals surface area contributed by atoms with Gasteiger partial charge in [0.2, 0.25) is 0 Å². The largest absolute Gasteiger partial charge is 0.462 e. The van der Waals surface area contributed by atoms with Gasteiger partial charge in [-0.1, -0.05) is 128 Å². The van der Waals surface area contributed by atoms with Gasteiger partial charge in [0.25, 0.3) is 0 Å². The summed E-state index contributed by atoms with van der Waals surface area (Å²) < 4.78 is 26.3. The van der Waals surface area contributed by atoms with Crippen LogP contribution in [0.5, 0.6) is 0 Å². The molecule has 74 heavy (non-hydrogen) atoms. The van der Waals surface area contributed by atoms with Crippen LogP contribution in [0.3, 0.4) is 0 Å². The third-order valence-electron chi connectivity index (χ3n) is 10.6. The van der Waals surface area contributed by atoms with E-state index in [1.54, 1.807) is 177 Å². The van der Waals surface area contributed by atoms with Crippen molar-refractivity contribution in [2.24, 2.45) is 5.92 Å². The summed E-state index contributed by atoms with van der Waals surface area (Å²) in [6, 6.07) is 51.5. The molecule has 0 N–H and O–H groups in total. The summed E-state index contributed by atoms with van der Waals surface area (Å²) in [6.07, 6.45) is 3.70. The Kier molecular flexibility index (Phi) is 24.8. The van der Waals surface area contributed by atoms with Crippen LogP contribution >= 0.6 is 0 Å². The van der Waals surface area contributed by atoms with Crippen molar-refractivity contribution >= 4 is 41.8 Å². The first-order valence-electron chi connectivity index (χ1n) is 24.0. The normalized spacial score (nSPS) is 12.1. The fraction of sp³-hybridized carbons (Fsp3) is 0.259. The van der Waals surface area contributed by atoms with E-state index in [0.717, 1.165) is 32.1 Å². The lowest BCUT2D eigenvalue weighted by Crippen LogP contribution is -2.33. The molecule has 1 aliphatic carbocycles. The molecule has 1 unspecified atom stereocenters. The van der Waals surface area contributed by atoms with Gasteiger partial charge in [-0.2, -0.15) is 9.78 Å². The molecule has 1 atom stereocenters. The maximum absolute atomic E-state index is 12.5. The lowest BCUT2D eigenvalue weighted by molar-refractivity contribution is -0.275. The van der Waals surface area contributed by atoms with Crippen molar-refractivity contribution in [1.29, 1.82) is 0 Å². The van der Waals surface area contributed by atoms with Gasteiger partial charge in [0, 0.05) is 6.42 Å². The molecule has 0 heterocycles. The number of esters is 5. The molecule has 1 aliphatic rings. The summed E-state index contributed by atoms with van der Waals surface area (Å²) in [5, 5.41) is 0. The average Bonchev–Trinajstić information content (AvgIpc) is 3.47. The second kappa shape index (κ2) is 32.5. The Balaban J connectivity index is 0.000000210. The van der Waals surface area contributed by atoms with Gasteiger partial charge in [-0.05, 0) is 92.6 Å². The molecule has 0 aliphatic heterocycles. The van der Waals surface area contributed by atoms with Gasteiger partial charge in [0.15, 0.2) is 6.10 Å². The molecule has 0 saturated heterocycles. The molecular weight excluding hydrogens is 953 g/mol. The summed E-state index contributed by atoms with van der Waals surface area (Å²) in [6.45, 7) is 1.59. The predicted molar refractivity (Wildman–Crippen MR) is 268 cm³/mol. The molecule has 16 heteroatoms. The Bertz CT molecular complexity index is 2440. The van der Waals surface area contributed by atoms with E-state index in [1.807, 2.05) is 12.1 Å². The van der Waals surface area contributed by atoms with E-state index in [0.29, 0.717) is 39.8 Å². The van der Waals surface area contributed by atoms with Gasteiger partial charge in [-0.15, -0.1) is 0 Å². The minimum absolute atomic E-state index is 0.0181. The van der Waals surface area contributed by atoms with Crippen molar-refractivity contribution < 1.29 is 76.8 Å². The molecule has 6 aromatic rings. The van der Waals surface area contributed by atoms with E-state index in [1.165, 1.54) is 0 Å². The summed E-state index contributed by atoms with van der Waals surface area (Å²) in [5.41, 5.74) is 2.55. The molecule has 0 aromatic heterocycles. The predicted octanol–water partition coefficient (Wildman–Crippen LogP) is 10.2. The standard InChI is InChI=1S/C24H26O6.2C17H16O5/c25-22(18-10-4-1-5-11-18)28-16-21(30-24(27)20-14-8-3-9-15-20)17-29-23(26)19-12-6-2-7-13-19;1-13(12-20-16(18)14-8-4-2-5-9-14)21-22-17(19)15-10-6-3-7-11-15;18-16(14-8-3-1-4-9-14)20-12-7-13-21-22-17(19)15-10-5-2-6-11-15/h1-2,4-7,10-13,20-21H,3,8-9,14-17H2;2-11,13H,12H2,1H3;1-6,8-11H,7,12-13H2. The summed E-state index contributed by atoms with van der Waals surface area (Å²) in [4.78, 5) is 103. The number of carbonyl (C=O) groups is 7. The van der Waals surface area contributed by atoms with Crippen LogP contribution < -0.4 is 0 Å². The number of rotatable bonds is 21.